The van der Waals surface area contributed by atoms with Crippen LogP contribution in [0, 0.1) is 0 Å². The fourth-order valence-electron chi connectivity index (χ4n) is 1.84. The molecule has 5 nitrogen and oxygen atoms in total. The van der Waals surface area contributed by atoms with Crippen LogP contribution in [0.3, 0.4) is 0 Å². The van der Waals surface area contributed by atoms with E-state index in [0.29, 0.717) is 15.7 Å². The maximum Gasteiger partial charge on any atom is 0.387 e. The normalized spacial score (nSPS) is 10.4. The molecule has 0 atom stereocenters. The number of nitrogens with one attached hydrogen (secondary N) is 2. The van der Waals surface area contributed by atoms with Crippen molar-refractivity contribution in [1.82, 2.24) is 5.32 Å². The van der Waals surface area contributed by atoms with Crippen LogP contribution in [0.5, 0.6) is 5.75 Å². The number of halogens is 4. The lowest BCUT2D eigenvalue weighted by molar-refractivity contribution is -0.115. The highest BCUT2D eigenvalue weighted by molar-refractivity contribution is 6.35. The molecular formula is C16H12Cl2F2N2O3. The van der Waals surface area contributed by atoms with Gasteiger partial charge in [0.2, 0.25) is 5.91 Å². The minimum absolute atomic E-state index is 0.0695. The van der Waals surface area contributed by atoms with Crippen LogP contribution in [0.4, 0.5) is 14.5 Å². The summed E-state index contributed by atoms with van der Waals surface area (Å²) in [5.41, 5.74) is 0.511. The first-order valence-electron chi connectivity index (χ1n) is 6.93. The quantitative estimate of drug-likeness (QED) is 0.786. The van der Waals surface area contributed by atoms with E-state index in [0.717, 1.165) is 0 Å². The van der Waals surface area contributed by atoms with Crippen molar-refractivity contribution in [2.45, 2.75) is 6.61 Å². The van der Waals surface area contributed by atoms with Gasteiger partial charge in [-0.05, 0) is 42.5 Å². The van der Waals surface area contributed by atoms with Gasteiger partial charge in [-0.25, -0.2) is 0 Å². The zero-order chi connectivity index (χ0) is 18.4. The SMILES string of the molecule is O=C(CNC(=O)c1ccc(OC(F)F)cc1)Nc1cc(Cl)ccc1Cl. The van der Waals surface area contributed by atoms with Crippen molar-refractivity contribution in [3.05, 3.63) is 58.1 Å². The number of hydrogen-bond acceptors (Lipinski definition) is 3. The molecule has 0 spiro atoms. The third-order valence-electron chi connectivity index (χ3n) is 2.95. The highest BCUT2D eigenvalue weighted by atomic mass is 35.5. The van der Waals surface area contributed by atoms with Crippen LogP contribution in [0.15, 0.2) is 42.5 Å². The molecule has 0 fully saturated rings. The van der Waals surface area contributed by atoms with Crippen molar-refractivity contribution in [2.75, 3.05) is 11.9 Å². The Hall–Kier alpha value is -2.38. The van der Waals surface area contributed by atoms with Gasteiger partial charge in [-0.2, -0.15) is 8.78 Å². The first-order chi connectivity index (χ1) is 11.8. The largest absolute Gasteiger partial charge is 0.435 e. The number of rotatable bonds is 6. The second-order valence-corrected chi connectivity index (χ2v) is 5.60. The molecule has 0 aliphatic carbocycles. The molecular weight excluding hydrogens is 377 g/mol. The van der Waals surface area contributed by atoms with E-state index in [1.54, 1.807) is 6.07 Å². The van der Waals surface area contributed by atoms with Crippen LogP contribution in [0.2, 0.25) is 10.0 Å². The number of ether oxygens (including phenoxy) is 1. The van der Waals surface area contributed by atoms with Crippen LogP contribution < -0.4 is 15.4 Å². The summed E-state index contributed by atoms with van der Waals surface area (Å²) in [5, 5.41) is 5.61. The monoisotopic (exact) mass is 388 g/mol. The molecule has 0 aromatic heterocycles. The van der Waals surface area contributed by atoms with Gasteiger partial charge in [-0.1, -0.05) is 23.2 Å². The van der Waals surface area contributed by atoms with Crippen LogP contribution in [0.25, 0.3) is 0 Å². The zero-order valence-corrected chi connectivity index (χ0v) is 14.1. The Morgan fingerprint density at radius 2 is 1.76 bits per heavy atom. The van der Waals surface area contributed by atoms with Gasteiger partial charge in [0.1, 0.15) is 5.75 Å². The second kappa shape index (κ2) is 8.64. The van der Waals surface area contributed by atoms with Crippen molar-refractivity contribution in [1.29, 1.82) is 0 Å². The van der Waals surface area contributed by atoms with Crippen molar-refractivity contribution >= 4 is 40.7 Å². The molecule has 2 rings (SSSR count). The molecule has 0 aliphatic heterocycles. The summed E-state index contributed by atoms with van der Waals surface area (Å²) >= 11 is 11.7. The molecule has 2 aromatic rings. The highest BCUT2D eigenvalue weighted by Crippen LogP contribution is 2.25. The van der Waals surface area contributed by atoms with Crippen LogP contribution in [-0.4, -0.2) is 25.0 Å². The smallest absolute Gasteiger partial charge is 0.387 e. The summed E-state index contributed by atoms with van der Waals surface area (Å²) in [4.78, 5) is 23.8. The first-order valence-corrected chi connectivity index (χ1v) is 7.68. The summed E-state index contributed by atoms with van der Waals surface area (Å²) in [6.07, 6.45) is 0. The number of benzene rings is 2. The predicted molar refractivity (Wildman–Crippen MR) is 90.5 cm³/mol. The third-order valence-corrected chi connectivity index (χ3v) is 3.52. The van der Waals surface area contributed by atoms with E-state index < -0.39 is 18.4 Å². The second-order valence-electron chi connectivity index (χ2n) is 4.76. The van der Waals surface area contributed by atoms with Gasteiger partial charge in [-0.3, -0.25) is 9.59 Å². The van der Waals surface area contributed by atoms with E-state index >= 15 is 0 Å². The molecule has 0 aliphatic rings. The zero-order valence-electron chi connectivity index (χ0n) is 12.6. The molecule has 9 heteroatoms. The Labute approximate surface area is 151 Å². The molecule has 25 heavy (non-hydrogen) atoms. The Balaban J connectivity index is 1.88. The van der Waals surface area contributed by atoms with Crippen LogP contribution >= 0.6 is 23.2 Å². The van der Waals surface area contributed by atoms with Gasteiger partial charge < -0.3 is 15.4 Å². The fraction of sp³-hybridized carbons (Fsp3) is 0.125. The van der Waals surface area contributed by atoms with Gasteiger partial charge >= 0.3 is 6.61 Å². The average Bonchev–Trinajstić information content (AvgIpc) is 2.56. The van der Waals surface area contributed by atoms with Crippen molar-refractivity contribution in [3.63, 3.8) is 0 Å². The lowest BCUT2D eigenvalue weighted by Gasteiger charge is -2.09. The maximum atomic E-state index is 12.1. The molecule has 0 radical (unpaired) electrons. The van der Waals surface area contributed by atoms with Gasteiger partial charge in [-0.15, -0.1) is 0 Å². The number of anilines is 1. The first kappa shape index (κ1) is 19.0. The fourth-order valence-corrected chi connectivity index (χ4v) is 2.17. The number of alkyl halides is 2. The third kappa shape index (κ3) is 5.88. The van der Waals surface area contributed by atoms with Crippen molar-refractivity contribution in [3.8, 4) is 5.75 Å². The lowest BCUT2D eigenvalue weighted by atomic mass is 10.2. The van der Waals surface area contributed by atoms with E-state index in [9.17, 15) is 18.4 Å². The Morgan fingerprint density at radius 3 is 2.40 bits per heavy atom. The summed E-state index contributed by atoms with van der Waals surface area (Å²) in [7, 11) is 0. The highest BCUT2D eigenvalue weighted by Gasteiger charge is 2.11. The van der Waals surface area contributed by atoms with Gasteiger partial charge in [0.15, 0.2) is 0 Å². The molecule has 132 valence electrons. The molecule has 2 amide bonds. The topological polar surface area (TPSA) is 67.4 Å². The number of carbonyl (C=O) groups excluding carboxylic acids is 2. The summed E-state index contributed by atoms with van der Waals surface area (Å²) in [6, 6.07) is 9.65. The Kier molecular flexibility index (Phi) is 6.55. The van der Waals surface area contributed by atoms with E-state index in [4.69, 9.17) is 23.2 Å². The summed E-state index contributed by atoms with van der Waals surface area (Å²) in [6.45, 7) is -3.25. The summed E-state index contributed by atoms with van der Waals surface area (Å²) in [5.74, 6) is -1.12. The molecule has 0 bridgehead atoms. The van der Waals surface area contributed by atoms with Crippen molar-refractivity contribution < 1.29 is 23.1 Å². The molecule has 2 N–H and O–H groups in total. The average molecular weight is 389 g/mol. The molecule has 0 saturated carbocycles. The van der Waals surface area contributed by atoms with E-state index in [2.05, 4.69) is 15.4 Å². The predicted octanol–water partition coefficient (Wildman–Crippen LogP) is 3.96. The van der Waals surface area contributed by atoms with Crippen molar-refractivity contribution in [2.24, 2.45) is 0 Å². The van der Waals surface area contributed by atoms with E-state index in [1.165, 1.54) is 36.4 Å². The molecule has 0 heterocycles. The van der Waals surface area contributed by atoms with Crippen LogP contribution in [-0.2, 0) is 4.79 Å². The van der Waals surface area contributed by atoms with Gasteiger partial charge in [0.05, 0.1) is 17.3 Å². The van der Waals surface area contributed by atoms with Gasteiger partial charge in [0, 0.05) is 10.6 Å². The van der Waals surface area contributed by atoms with Crippen LogP contribution in [0.1, 0.15) is 10.4 Å². The standard InChI is InChI=1S/C16H12Cl2F2N2O3/c17-10-3-6-12(18)13(7-10)22-14(23)8-21-15(24)9-1-4-11(5-2-9)25-16(19)20/h1-7,16H,8H2,(H,21,24)(H,22,23). The molecule has 2 aromatic carbocycles. The summed E-state index contributed by atoms with van der Waals surface area (Å²) < 4.78 is 28.3. The minimum atomic E-state index is -2.94. The Bertz CT molecular complexity index is 770. The number of carbonyl (C=O) groups is 2. The maximum absolute atomic E-state index is 12.1. The number of hydrogen-bond donors (Lipinski definition) is 2. The molecule has 0 unspecified atom stereocenters. The molecule has 0 saturated heterocycles. The van der Waals surface area contributed by atoms with E-state index in [-0.39, 0.29) is 17.9 Å². The number of amides is 2. The minimum Gasteiger partial charge on any atom is -0.435 e. The lowest BCUT2D eigenvalue weighted by Crippen LogP contribution is -2.32. The van der Waals surface area contributed by atoms with Gasteiger partial charge in [0.25, 0.3) is 5.91 Å². The Morgan fingerprint density at radius 1 is 1.08 bits per heavy atom. The van der Waals surface area contributed by atoms with E-state index in [1.807, 2.05) is 0 Å².